The average molecular weight is 441 g/mol. The van der Waals surface area contributed by atoms with Gasteiger partial charge < -0.3 is 11.1 Å². The lowest BCUT2D eigenvalue weighted by Gasteiger charge is -2.36. The Morgan fingerprint density at radius 2 is 1.90 bits per heavy atom. The van der Waals surface area contributed by atoms with Gasteiger partial charge in [0, 0.05) is 24.3 Å². The van der Waals surface area contributed by atoms with Crippen molar-refractivity contribution in [1.82, 2.24) is 9.03 Å². The molecule has 2 aromatic rings. The number of benzene rings is 2. The van der Waals surface area contributed by atoms with Crippen molar-refractivity contribution < 1.29 is 22.4 Å². The van der Waals surface area contributed by atoms with Crippen molar-refractivity contribution in [1.29, 1.82) is 0 Å². The van der Waals surface area contributed by atoms with Crippen molar-refractivity contribution in [3.63, 3.8) is 0 Å². The van der Waals surface area contributed by atoms with Gasteiger partial charge in [-0.25, -0.2) is 4.39 Å². The molecule has 11 heteroatoms. The van der Waals surface area contributed by atoms with Gasteiger partial charge >= 0.3 is 0 Å². The van der Waals surface area contributed by atoms with Crippen molar-refractivity contribution in [3.05, 3.63) is 64.4 Å². The van der Waals surface area contributed by atoms with E-state index in [4.69, 9.17) is 17.3 Å². The maximum Gasteiger partial charge on any atom is 0.280 e. The molecule has 2 aromatic carbocycles. The maximum atomic E-state index is 13.3. The Bertz CT molecular complexity index is 1060. The Balaban J connectivity index is 1.84. The third-order valence-corrected chi connectivity index (χ3v) is 6.54. The van der Waals surface area contributed by atoms with E-state index in [2.05, 4.69) is 10.0 Å². The van der Waals surface area contributed by atoms with Crippen molar-refractivity contribution in [3.8, 4) is 0 Å². The van der Waals surface area contributed by atoms with Crippen LogP contribution in [-0.4, -0.2) is 37.6 Å². The highest BCUT2D eigenvalue weighted by atomic mass is 35.5. The Morgan fingerprint density at radius 3 is 2.48 bits per heavy atom. The molecule has 0 bridgehead atoms. The van der Waals surface area contributed by atoms with Gasteiger partial charge in [-0.15, -0.1) is 0 Å². The van der Waals surface area contributed by atoms with Gasteiger partial charge in [0.25, 0.3) is 10.2 Å². The highest BCUT2D eigenvalue weighted by Gasteiger charge is 2.40. The number of carbonyl (C=O) groups excluding carboxylic acids is 2. The molecule has 2 atom stereocenters. The van der Waals surface area contributed by atoms with E-state index >= 15 is 0 Å². The van der Waals surface area contributed by atoms with Crippen molar-refractivity contribution in [2.45, 2.75) is 18.5 Å². The van der Waals surface area contributed by atoms with Crippen LogP contribution in [0.25, 0.3) is 0 Å². The van der Waals surface area contributed by atoms with E-state index in [1.165, 1.54) is 31.3 Å². The number of nitrogens with two attached hydrogens (primary N) is 1. The van der Waals surface area contributed by atoms with E-state index in [0.29, 0.717) is 5.56 Å². The number of likely N-dealkylation sites (N-methyl/N-ethyl adjacent to an activating group) is 1. The molecule has 1 aliphatic heterocycles. The third-order valence-electron chi connectivity index (χ3n) is 4.66. The first-order valence-electron chi connectivity index (χ1n) is 8.49. The summed E-state index contributed by atoms with van der Waals surface area (Å²) in [6.45, 7) is 0. The zero-order chi connectivity index (χ0) is 21.3. The molecule has 0 aromatic heterocycles. The monoisotopic (exact) mass is 440 g/mol. The molecule has 1 aliphatic rings. The topological polar surface area (TPSA) is 122 Å². The summed E-state index contributed by atoms with van der Waals surface area (Å²) in [6.07, 6.45) is 0.131. The van der Waals surface area contributed by atoms with Crippen molar-refractivity contribution >= 4 is 39.3 Å². The number of hydrogen-bond acceptors (Lipinski definition) is 4. The fourth-order valence-corrected chi connectivity index (χ4v) is 4.46. The predicted molar refractivity (Wildman–Crippen MR) is 106 cm³/mol. The van der Waals surface area contributed by atoms with Crippen LogP contribution in [-0.2, 0) is 15.0 Å². The van der Waals surface area contributed by atoms with Gasteiger partial charge in [0.2, 0.25) is 11.8 Å². The van der Waals surface area contributed by atoms with Crippen LogP contribution in [0.4, 0.5) is 10.1 Å². The summed E-state index contributed by atoms with van der Waals surface area (Å²) in [5.74, 6) is -1.82. The number of primary amides is 1. The molecule has 1 fully saturated rings. The third kappa shape index (κ3) is 4.56. The van der Waals surface area contributed by atoms with Crippen LogP contribution in [0.15, 0.2) is 42.5 Å². The van der Waals surface area contributed by atoms with Crippen LogP contribution in [0.1, 0.15) is 28.4 Å². The molecule has 154 valence electrons. The first-order chi connectivity index (χ1) is 13.6. The predicted octanol–water partition coefficient (Wildman–Crippen LogP) is 1.80. The summed E-state index contributed by atoms with van der Waals surface area (Å²) < 4.78 is 41.7. The number of anilines is 1. The minimum absolute atomic E-state index is 0.131. The molecular formula is C18H18ClFN4O4S. The van der Waals surface area contributed by atoms with E-state index in [0.717, 1.165) is 10.4 Å². The fraction of sp³-hybridized carbons (Fsp3) is 0.222. The molecular weight excluding hydrogens is 423 g/mol. The van der Waals surface area contributed by atoms with Crippen LogP contribution in [0.5, 0.6) is 0 Å². The Morgan fingerprint density at radius 1 is 1.24 bits per heavy atom. The zero-order valence-electron chi connectivity index (χ0n) is 15.2. The van der Waals surface area contributed by atoms with Crippen molar-refractivity contribution in [2.75, 3.05) is 12.4 Å². The molecule has 0 spiro atoms. The standard InChI is InChI=1S/C18H18ClFN4O4S/c1-24-16(18(26)22-12-6-7-14(20)13(19)8-12)9-15(23-29(24,27)28)10-2-4-11(5-3-10)17(21)25/h2-8,15-16,23H,9H2,1H3,(H2,21,25)(H,22,26)/t15-,16+/m1/s1. The minimum atomic E-state index is -3.94. The molecule has 29 heavy (non-hydrogen) atoms. The highest BCUT2D eigenvalue weighted by molar-refractivity contribution is 7.87. The normalized spacial score (nSPS) is 21.5. The molecule has 0 aliphatic carbocycles. The minimum Gasteiger partial charge on any atom is -0.366 e. The second kappa shape index (κ2) is 8.07. The first kappa shape index (κ1) is 21.2. The Hall–Kier alpha value is -2.53. The van der Waals surface area contributed by atoms with Gasteiger partial charge in [-0.2, -0.15) is 17.4 Å². The van der Waals surface area contributed by atoms with E-state index in [1.54, 1.807) is 12.1 Å². The quantitative estimate of drug-likeness (QED) is 0.671. The van der Waals surface area contributed by atoms with Gasteiger partial charge in [-0.3, -0.25) is 9.59 Å². The van der Waals surface area contributed by atoms with Crippen LogP contribution >= 0.6 is 11.6 Å². The second-order valence-corrected chi connectivity index (χ2v) is 8.72. The lowest BCUT2D eigenvalue weighted by atomic mass is 9.98. The Labute approximate surface area is 172 Å². The lowest BCUT2D eigenvalue weighted by Crippen LogP contribution is -2.55. The van der Waals surface area contributed by atoms with Gasteiger partial charge in [0.15, 0.2) is 0 Å². The van der Waals surface area contributed by atoms with Gasteiger partial charge in [0.05, 0.1) is 5.02 Å². The van der Waals surface area contributed by atoms with E-state index in [-0.39, 0.29) is 22.7 Å². The molecule has 0 saturated carbocycles. The summed E-state index contributed by atoms with van der Waals surface area (Å²) >= 11 is 5.72. The largest absolute Gasteiger partial charge is 0.366 e. The number of nitrogens with one attached hydrogen (secondary N) is 2. The number of nitrogens with zero attached hydrogens (tertiary/aromatic N) is 1. The van der Waals surface area contributed by atoms with Gasteiger partial charge in [-0.1, -0.05) is 23.7 Å². The molecule has 1 heterocycles. The number of hydrogen-bond donors (Lipinski definition) is 3. The first-order valence-corrected chi connectivity index (χ1v) is 10.3. The SMILES string of the molecule is CN1[C@H](C(=O)Nc2ccc(F)c(Cl)c2)C[C@H](c2ccc(C(N)=O)cc2)NS1(=O)=O. The maximum absolute atomic E-state index is 13.3. The highest BCUT2D eigenvalue weighted by Crippen LogP contribution is 2.29. The molecule has 1 saturated heterocycles. The smallest absolute Gasteiger partial charge is 0.280 e. The molecule has 4 N–H and O–H groups in total. The fourth-order valence-electron chi connectivity index (χ4n) is 3.01. The summed E-state index contributed by atoms with van der Waals surface area (Å²) in [5, 5.41) is 2.39. The molecule has 3 rings (SSSR count). The summed E-state index contributed by atoms with van der Waals surface area (Å²) in [5.41, 5.74) is 6.32. The molecule has 8 nitrogen and oxygen atoms in total. The Kier molecular flexibility index (Phi) is 5.90. The zero-order valence-corrected chi connectivity index (χ0v) is 16.8. The number of rotatable bonds is 4. The lowest BCUT2D eigenvalue weighted by molar-refractivity contribution is -0.120. The molecule has 0 radical (unpaired) electrons. The van der Waals surface area contributed by atoms with Gasteiger partial charge in [-0.05, 0) is 42.3 Å². The number of halogens is 2. The summed E-state index contributed by atoms with van der Waals surface area (Å²) in [7, 11) is -2.65. The van der Waals surface area contributed by atoms with Gasteiger partial charge in [0.1, 0.15) is 11.9 Å². The average Bonchev–Trinajstić information content (AvgIpc) is 2.66. The molecule has 0 unspecified atom stereocenters. The van der Waals surface area contributed by atoms with Crippen LogP contribution < -0.4 is 15.8 Å². The summed E-state index contributed by atoms with van der Waals surface area (Å²) in [6, 6.07) is 8.08. The molecule has 2 amide bonds. The van der Waals surface area contributed by atoms with Crippen molar-refractivity contribution in [2.24, 2.45) is 5.73 Å². The van der Waals surface area contributed by atoms with E-state index in [1.807, 2.05) is 0 Å². The second-order valence-electron chi connectivity index (χ2n) is 6.55. The number of carbonyl (C=O) groups is 2. The van der Waals surface area contributed by atoms with E-state index < -0.39 is 39.9 Å². The van der Waals surface area contributed by atoms with Crippen LogP contribution in [0.2, 0.25) is 5.02 Å². The van der Waals surface area contributed by atoms with E-state index in [9.17, 15) is 22.4 Å². The van der Waals surface area contributed by atoms with Crippen LogP contribution in [0.3, 0.4) is 0 Å². The number of amides is 2. The van der Waals surface area contributed by atoms with Crippen LogP contribution in [0, 0.1) is 5.82 Å². The summed E-state index contributed by atoms with van der Waals surface area (Å²) in [4.78, 5) is 24.0.